The number of hydrogen-bond donors (Lipinski definition) is 1. The molecule has 170 valence electrons. The zero-order valence-corrected chi connectivity index (χ0v) is 18.7. The zero-order chi connectivity index (χ0) is 23.3. The molecule has 6 nitrogen and oxygen atoms in total. The lowest BCUT2D eigenvalue weighted by molar-refractivity contribution is -0.0505. The van der Waals surface area contributed by atoms with Crippen LogP contribution in [0.25, 0.3) is 16.8 Å². The number of ether oxygens (including phenoxy) is 2. The standard InChI is InChI=1S/C23H17Cl2F2N3O3/c1-32-19-7-4-13(22(25)29-19)11-2-6-18-28-20-16(31)9-15(21(20)30(18)10-11)14-8-12(24)3-5-17(14)33-23(26)27/h2-8,10,15-16,23,31H,9H2,1H3. The second kappa shape index (κ2) is 8.44. The Labute approximate surface area is 197 Å². The van der Waals surface area contributed by atoms with Crippen molar-refractivity contribution in [2.45, 2.75) is 25.1 Å². The summed E-state index contributed by atoms with van der Waals surface area (Å²) in [5.41, 5.74) is 3.66. The first-order valence-electron chi connectivity index (χ1n) is 10.0. The van der Waals surface area contributed by atoms with Crippen molar-refractivity contribution in [1.82, 2.24) is 14.4 Å². The van der Waals surface area contributed by atoms with Gasteiger partial charge in [-0.15, -0.1) is 0 Å². The minimum Gasteiger partial charge on any atom is -0.481 e. The van der Waals surface area contributed by atoms with Gasteiger partial charge in [-0.2, -0.15) is 8.78 Å². The Hall–Kier alpha value is -2.94. The second-order valence-electron chi connectivity index (χ2n) is 7.58. The highest BCUT2D eigenvalue weighted by molar-refractivity contribution is 6.32. The Bertz CT molecular complexity index is 1360. The average molecular weight is 492 g/mol. The molecule has 2 atom stereocenters. The van der Waals surface area contributed by atoms with Gasteiger partial charge in [-0.25, -0.2) is 9.97 Å². The van der Waals surface area contributed by atoms with Gasteiger partial charge in [-0.1, -0.05) is 23.2 Å². The fourth-order valence-electron chi connectivity index (χ4n) is 4.29. The Balaban J connectivity index is 1.66. The van der Waals surface area contributed by atoms with E-state index in [4.69, 9.17) is 32.7 Å². The van der Waals surface area contributed by atoms with Crippen LogP contribution in [0.5, 0.6) is 11.6 Å². The molecule has 0 fully saturated rings. The van der Waals surface area contributed by atoms with Gasteiger partial charge in [-0.05, 0) is 42.8 Å². The summed E-state index contributed by atoms with van der Waals surface area (Å²) < 4.78 is 37.8. The summed E-state index contributed by atoms with van der Waals surface area (Å²) >= 11 is 12.5. The summed E-state index contributed by atoms with van der Waals surface area (Å²) in [4.78, 5) is 8.78. The summed E-state index contributed by atoms with van der Waals surface area (Å²) in [7, 11) is 1.51. The van der Waals surface area contributed by atoms with Crippen LogP contribution in [0.15, 0.2) is 48.7 Å². The number of nitrogens with zero attached hydrogens (tertiary/aromatic N) is 3. The average Bonchev–Trinajstić information content (AvgIpc) is 3.31. The molecule has 5 rings (SSSR count). The molecule has 0 bridgehead atoms. The quantitative estimate of drug-likeness (QED) is 0.353. The number of aliphatic hydroxyl groups is 1. The number of aromatic nitrogens is 3. The molecule has 1 aromatic carbocycles. The van der Waals surface area contributed by atoms with E-state index in [0.717, 1.165) is 5.56 Å². The van der Waals surface area contributed by atoms with Crippen molar-refractivity contribution in [3.63, 3.8) is 0 Å². The molecule has 4 aromatic rings. The maximum Gasteiger partial charge on any atom is 0.387 e. The Morgan fingerprint density at radius 3 is 2.67 bits per heavy atom. The van der Waals surface area contributed by atoms with Gasteiger partial charge >= 0.3 is 6.61 Å². The van der Waals surface area contributed by atoms with Crippen LogP contribution in [0.2, 0.25) is 10.2 Å². The minimum absolute atomic E-state index is 0.00736. The molecular weight excluding hydrogens is 475 g/mol. The number of fused-ring (bicyclic) bond motifs is 3. The molecule has 0 aliphatic heterocycles. The smallest absolute Gasteiger partial charge is 0.387 e. The Morgan fingerprint density at radius 1 is 1.12 bits per heavy atom. The highest BCUT2D eigenvalue weighted by Crippen LogP contribution is 2.47. The first-order chi connectivity index (χ1) is 15.9. The van der Waals surface area contributed by atoms with E-state index in [-0.39, 0.29) is 17.3 Å². The van der Waals surface area contributed by atoms with Crippen LogP contribution >= 0.6 is 23.2 Å². The van der Waals surface area contributed by atoms with E-state index in [1.807, 2.05) is 16.7 Å². The fraction of sp³-hybridized carbons (Fsp3) is 0.217. The van der Waals surface area contributed by atoms with Crippen molar-refractivity contribution in [2.75, 3.05) is 7.11 Å². The molecule has 1 aliphatic carbocycles. The fourth-order valence-corrected chi connectivity index (χ4v) is 4.73. The summed E-state index contributed by atoms with van der Waals surface area (Å²) in [6.45, 7) is -2.99. The topological polar surface area (TPSA) is 68.9 Å². The van der Waals surface area contributed by atoms with E-state index >= 15 is 0 Å². The maximum absolute atomic E-state index is 13.0. The molecular formula is C23H17Cl2F2N3O3. The third-order valence-corrected chi connectivity index (χ3v) is 6.22. The number of rotatable bonds is 5. The van der Waals surface area contributed by atoms with E-state index in [2.05, 4.69) is 9.97 Å². The first kappa shape index (κ1) is 21.9. The predicted molar refractivity (Wildman–Crippen MR) is 119 cm³/mol. The van der Waals surface area contributed by atoms with Gasteiger partial charge in [0.15, 0.2) is 0 Å². The van der Waals surface area contributed by atoms with Gasteiger partial charge in [0, 0.05) is 39.9 Å². The van der Waals surface area contributed by atoms with Crippen LogP contribution in [0.1, 0.15) is 35.4 Å². The third kappa shape index (κ3) is 3.88. The van der Waals surface area contributed by atoms with Gasteiger partial charge in [0.05, 0.1) is 24.6 Å². The van der Waals surface area contributed by atoms with Crippen LogP contribution in [0.4, 0.5) is 8.78 Å². The molecule has 3 aromatic heterocycles. The number of methoxy groups -OCH3 is 1. The highest BCUT2D eigenvalue weighted by Gasteiger charge is 2.37. The number of alkyl halides is 2. The van der Waals surface area contributed by atoms with Crippen LogP contribution in [-0.2, 0) is 0 Å². The van der Waals surface area contributed by atoms with Crippen LogP contribution in [0.3, 0.4) is 0 Å². The van der Waals surface area contributed by atoms with Crippen molar-refractivity contribution in [3.8, 4) is 22.8 Å². The van der Waals surface area contributed by atoms with E-state index < -0.39 is 18.6 Å². The van der Waals surface area contributed by atoms with Crippen LogP contribution in [0, 0.1) is 0 Å². The van der Waals surface area contributed by atoms with Crippen molar-refractivity contribution in [2.24, 2.45) is 0 Å². The molecule has 1 N–H and O–H groups in total. The number of halogens is 4. The van der Waals surface area contributed by atoms with Gasteiger partial charge < -0.3 is 19.0 Å². The summed E-state index contributed by atoms with van der Waals surface area (Å²) in [6.07, 6.45) is 1.23. The van der Waals surface area contributed by atoms with Crippen LogP contribution in [-0.4, -0.2) is 33.2 Å². The van der Waals surface area contributed by atoms with Crippen LogP contribution < -0.4 is 9.47 Å². The van der Waals surface area contributed by atoms with Crippen molar-refractivity contribution in [1.29, 1.82) is 0 Å². The van der Waals surface area contributed by atoms with Gasteiger partial charge in [0.1, 0.15) is 16.5 Å². The summed E-state index contributed by atoms with van der Waals surface area (Å²) in [6, 6.07) is 11.6. The normalized spacial score (nSPS) is 17.5. The zero-order valence-electron chi connectivity index (χ0n) is 17.2. The van der Waals surface area contributed by atoms with Crippen molar-refractivity contribution in [3.05, 3.63) is 75.8 Å². The molecule has 0 amide bonds. The lowest BCUT2D eigenvalue weighted by atomic mass is 9.95. The Morgan fingerprint density at radius 2 is 1.94 bits per heavy atom. The summed E-state index contributed by atoms with van der Waals surface area (Å²) in [5, 5.41) is 11.3. The van der Waals surface area contributed by atoms with E-state index in [1.54, 1.807) is 24.3 Å². The molecule has 0 spiro atoms. The SMILES string of the molecule is COc1ccc(-c2ccc3nc4c(n3c2)C(c2cc(Cl)ccc2OC(F)F)CC4O)c(Cl)n1. The molecule has 2 unspecified atom stereocenters. The van der Waals surface area contributed by atoms with E-state index in [1.165, 1.54) is 19.2 Å². The number of imidazole rings is 1. The number of benzene rings is 1. The second-order valence-corrected chi connectivity index (χ2v) is 8.38. The van der Waals surface area contributed by atoms with Gasteiger partial charge in [-0.3, -0.25) is 0 Å². The Kier molecular flexibility index (Phi) is 5.60. The lowest BCUT2D eigenvalue weighted by Gasteiger charge is -2.18. The van der Waals surface area contributed by atoms with E-state index in [9.17, 15) is 13.9 Å². The molecule has 0 saturated heterocycles. The van der Waals surface area contributed by atoms with E-state index in [0.29, 0.717) is 39.1 Å². The molecule has 33 heavy (non-hydrogen) atoms. The molecule has 0 saturated carbocycles. The first-order valence-corrected chi connectivity index (χ1v) is 10.8. The van der Waals surface area contributed by atoms with Gasteiger partial charge in [0.25, 0.3) is 0 Å². The van der Waals surface area contributed by atoms with Gasteiger partial charge in [0.2, 0.25) is 5.88 Å². The number of hydrogen-bond acceptors (Lipinski definition) is 5. The maximum atomic E-state index is 13.0. The summed E-state index contributed by atoms with van der Waals surface area (Å²) in [5.74, 6) is -0.0610. The molecule has 0 radical (unpaired) electrons. The molecule has 10 heteroatoms. The number of aliphatic hydroxyl groups excluding tert-OH is 1. The molecule has 3 heterocycles. The minimum atomic E-state index is -2.99. The predicted octanol–water partition coefficient (Wildman–Crippen LogP) is 5.88. The molecule has 1 aliphatic rings. The van der Waals surface area contributed by atoms with Crippen molar-refractivity contribution >= 4 is 28.8 Å². The van der Waals surface area contributed by atoms with Crippen molar-refractivity contribution < 1.29 is 23.4 Å². The largest absolute Gasteiger partial charge is 0.481 e. The third-order valence-electron chi connectivity index (χ3n) is 5.70. The monoisotopic (exact) mass is 491 g/mol. The number of pyridine rings is 2. The highest BCUT2D eigenvalue weighted by atomic mass is 35.5. The lowest BCUT2D eigenvalue weighted by Crippen LogP contribution is -2.08.